The van der Waals surface area contributed by atoms with E-state index in [0.29, 0.717) is 31.6 Å². The smallest absolute Gasteiger partial charge is 0.303 e. The summed E-state index contributed by atoms with van der Waals surface area (Å²) in [6, 6.07) is 3.55. The molecule has 12 heteroatoms. The number of amides is 3. The molecule has 1 fully saturated rings. The zero-order valence-corrected chi connectivity index (χ0v) is 25.5. The minimum Gasteiger partial charge on any atom is -0.481 e. The molecule has 3 amide bonds. The summed E-state index contributed by atoms with van der Waals surface area (Å²) in [4.78, 5) is 52.0. The molecule has 1 aromatic carbocycles. The standard InChI is InChI=1S/C30H45N5O7/c1-18(19-13-14-22-21(15-19)28(42-6)33-34(22)5)31-27(40)23-16-20(36)17-35(23)29(41)26(30(2,3)4)32-24(37)11-9-7-8-10-12-25(38)39/h13-15,18,20,23,26,36H,7-12,16-17H2,1-6H3,(H,31,40)(H,32,37)(H,38,39)/t18-,20+,23-,26?/m0/s1. The van der Waals surface area contributed by atoms with Gasteiger partial charge in [0, 0.05) is 32.9 Å². The Labute approximate surface area is 246 Å². The maximum absolute atomic E-state index is 13.8. The molecule has 0 saturated carbocycles. The molecule has 12 nitrogen and oxygen atoms in total. The number of carboxylic acid groups (broad SMARTS) is 1. The normalized spacial score (nSPS) is 18.5. The van der Waals surface area contributed by atoms with E-state index >= 15 is 0 Å². The maximum atomic E-state index is 13.8. The van der Waals surface area contributed by atoms with E-state index < -0.39 is 41.5 Å². The van der Waals surface area contributed by atoms with Gasteiger partial charge in [-0.25, -0.2) is 0 Å². The van der Waals surface area contributed by atoms with Crippen molar-refractivity contribution >= 4 is 34.6 Å². The van der Waals surface area contributed by atoms with Crippen LogP contribution in [0, 0.1) is 5.41 Å². The van der Waals surface area contributed by atoms with Crippen LogP contribution in [0.2, 0.25) is 0 Å². The molecule has 1 aromatic heterocycles. The molecule has 232 valence electrons. The third-order valence-electron chi connectivity index (χ3n) is 7.72. The van der Waals surface area contributed by atoms with Gasteiger partial charge in [0.05, 0.1) is 30.2 Å². The van der Waals surface area contributed by atoms with E-state index in [1.54, 1.807) is 11.8 Å². The highest BCUT2D eigenvalue weighted by molar-refractivity contribution is 5.93. The van der Waals surface area contributed by atoms with Crippen molar-refractivity contribution in [3.05, 3.63) is 23.8 Å². The molecule has 4 N–H and O–H groups in total. The molecule has 0 radical (unpaired) electrons. The van der Waals surface area contributed by atoms with Crippen molar-refractivity contribution in [2.45, 2.75) is 96.9 Å². The van der Waals surface area contributed by atoms with Gasteiger partial charge in [0.25, 0.3) is 0 Å². The van der Waals surface area contributed by atoms with Gasteiger partial charge >= 0.3 is 5.97 Å². The van der Waals surface area contributed by atoms with Crippen LogP contribution in [0.15, 0.2) is 18.2 Å². The van der Waals surface area contributed by atoms with E-state index in [9.17, 15) is 24.3 Å². The first-order valence-corrected chi connectivity index (χ1v) is 14.5. The number of nitrogens with one attached hydrogen (secondary N) is 2. The first-order valence-electron chi connectivity index (χ1n) is 14.5. The van der Waals surface area contributed by atoms with Crippen molar-refractivity contribution in [1.29, 1.82) is 0 Å². The van der Waals surface area contributed by atoms with E-state index in [-0.39, 0.29) is 37.6 Å². The highest BCUT2D eigenvalue weighted by Crippen LogP contribution is 2.29. The lowest BCUT2D eigenvalue weighted by Gasteiger charge is -2.35. The number of benzene rings is 1. The molecule has 2 aromatic rings. The van der Waals surface area contributed by atoms with Crippen molar-refractivity contribution in [2.24, 2.45) is 12.5 Å². The molecule has 0 aliphatic carbocycles. The number of aryl methyl sites for hydroxylation is 1. The van der Waals surface area contributed by atoms with Gasteiger partial charge in [0.1, 0.15) is 12.1 Å². The number of methoxy groups -OCH3 is 1. The van der Waals surface area contributed by atoms with Crippen LogP contribution in [0.4, 0.5) is 0 Å². The van der Waals surface area contributed by atoms with E-state index in [2.05, 4.69) is 15.7 Å². The number of aliphatic hydroxyl groups is 1. The number of hydrogen-bond donors (Lipinski definition) is 4. The van der Waals surface area contributed by atoms with Gasteiger partial charge < -0.3 is 30.5 Å². The lowest BCUT2D eigenvalue weighted by Crippen LogP contribution is -2.57. The second kappa shape index (κ2) is 14.0. The van der Waals surface area contributed by atoms with Crippen molar-refractivity contribution in [2.75, 3.05) is 13.7 Å². The molecule has 1 saturated heterocycles. The molecule has 2 heterocycles. The predicted octanol–water partition coefficient (Wildman–Crippen LogP) is 2.68. The summed E-state index contributed by atoms with van der Waals surface area (Å²) in [6.07, 6.45) is 2.13. The summed E-state index contributed by atoms with van der Waals surface area (Å²) in [5.74, 6) is -1.43. The number of carbonyl (C=O) groups is 4. The highest BCUT2D eigenvalue weighted by Gasteiger charge is 2.44. The third kappa shape index (κ3) is 8.21. The van der Waals surface area contributed by atoms with Crippen LogP contribution in [0.5, 0.6) is 5.88 Å². The Hall–Kier alpha value is -3.67. The fraction of sp³-hybridized carbons (Fsp3) is 0.633. The van der Waals surface area contributed by atoms with Crippen LogP contribution < -0.4 is 15.4 Å². The molecule has 0 spiro atoms. The molecular weight excluding hydrogens is 542 g/mol. The Balaban J connectivity index is 1.66. The second-order valence-electron chi connectivity index (χ2n) is 12.2. The summed E-state index contributed by atoms with van der Waals surface area (Å²) in [5.41, 5.74) is 1.08. The average molecular weight is 588 g/mol. The fourth-order valence-corrected chi connectivity index (χ4v) is 5.33. The van der Waals surface area contributed by atoms with Crippen molar-refractivity contribution in [3.8, 4) is 5.88 Å². The number of carboxylic acids is 1. The Morgan fingerprint density at radius 1 is 1.10 bits per heavy atom. The van der Waals surface area contributed by atoms with Crippen molar-refractivity contribution in [3.63, 3.8) is 0 Å². The zero-order valence-electron chi connectivity index (χ0n) is 25.5. The minimum absolute atomic E-state index is 0.00380. The number of aromatic nitrogens is 2. The number of rotatable bonds is 13. The number of β-amino-alcohol motifs (C(OH)–C–C–N with tert-alkyl or cyclic N) is 1. The molecule has 3 rings (SSSR count). The number of ether oxygens (including phenoxy) is 1. The van der Waals surface area contributed by atoms with Crippen LogP contribution >= 0.6 is 0 Å². The van der Waals surface area contributed by atoms with Gasteiger partial charge in [0.15, 0.2) is 0 Å². The summed E-state index contributed by atoms with van der Waals surface area (Å²) < 4.78 is 7.10. The number of fused-ring (bicyclic) bond motifs is 1. The Morgan fingerprint density at radius 2 is 1.76 bits per heavy atom. The average Bonchev–Trinajstić information content (AvgIpc) is 3.47. The molecule has 4 atom stereocenters. The molecule has 42 heavy (non-hydrogen) atoms. The number of hydrogen-bond acceptors (Lipinski definition) is 7. The van der Waals surface area contributed by atoms with Crippen molar-refractivity contribution < 1.29 is 34.1 Å². The van der Waals surface area contributed by atoms with Gasteiger partial charge in [-0.05, 0) is 42.9 Å². The van der Waals surface area contributed by atoms with Crippen LogP contribution in [0.1, 0.15) is 84.2 Å². The monoisotopic (exact) mass is 587 g/mol. The van der Waals surface area contributed by atoms with Crippen LogP contribution in [0.25, 0.3) is 10.9 Å². The summed E-state index contributed by atoms with van der Waals surface area (Å²) in [7, 11) is 3.38. The molecule has 1 aliphatic heterocycles. The van der Waals surface area contributed by atoms with Crippen LogP contribution in [0.3, 0.4) is 0 Å². The van der Waals surface area contributed by atoms with Gasteiger partial charge in [-0.15, -0.1) is 5.10 Å². The van der Waals surface area contributed by atoms with Gasteiger partial charge in [0.2, 0.25) is 23.6 Å². The largest absolute Gasteiger partial charge is 0.481 e. The quantitative estimate of drug-likeness (QED) is 0.260. The van der Waals surface area contributed by atoms with E-state index in [1.165, 1.54) is 4.90 Å². The van der Waals surface area contributed by atoms with E-state index in [0.717, 1.165) is 16.5 Å². The Bertz CT molecular complexity index is 1280. The molecular formula is C30H45N5O7. The van der Waals surface area contributed by atoms with E-state index in [4.69, 9.17) is 9.84 Å². The van der Waals surface area contributed by atoms with Crippen LogP contribution in [-0.4, -0.2) is 80.4 Å². The first kappa shape index (κ1) is 32.8. The first-order chi connectivity index (χ1) is 19.7. The van der Waals surface area contributed by atoms with Gasteiger partial charge in [-0.3, -0.25) is 23.9 Å². The third-order valence-corrected chi connectivity index (χ3v) is 7.72. The summed E-state index contributed by atoms with van der Waals surface area (Å²) in [6.45, 7) is 7.37. The lowest BCUT2D eigenvalue weighted by molar-refractivity contribution is -0.144. The fourth-order valence-electron chi connectivity index (χ4n) is 5.33. The Morgan fingerprint density at radius 3 is 2.38 bits per heavy atom. The van der Waals surface area contributed by atoms with Crippen molar-refractivity contribution in [1.82, 2.24) is 25.3 Å². The number of nitrogens with zero attached hydrogens (tertiary/aromatic N) is 3. The summed E-state index contributed by atoms with van der Waals surface area (Å²) in [5, 5.41) is 30.2. The second-order valence-corrected chi connectivity index (χ2v) is 12.2. The zero-order chi connectivity index (χ0) is 31.2. The Kier molecular flexibility index (Phi) is 10.9. The number of unbranched alkanes of at least 4 members (excludes halogenated alkanes) is 3. The molecule has 1 unspecified atom stereocenters. The lowest BCUT2D eigenvalue weighted by atomic mass is 9.85. The van der Waals surface area contributed by atoms with Gasteiger partial charge in [-0.2, -0.15) is 0 Å². The van der Waals surface area contributed by atoms with E-state index in [1.807, 2.05) is 52.9 Å². The topological polar surface area (TPSA) is 163 Å². The minimum atomic E-state index is -0.893. The summed E-state index contributed by atoms with van der Waals surface area (Å²) >= 11 is 0. The SMILES string of the molecule is COc1nn(C)c2ccc([C@H](C)NC(=O)[C@@H]3C[C@@H](O)CN3C(=O)C(NC(=O)CCCCCCC(=O)O)C(C)(C)C)cc12. The number of aliphatic hydroxyl groups excluding tert-OH is 1. The maximum Gasteiger partial charge on any atom is 0.303 e. The molecule has 0 bridgehead atoms. The highest BCUT2D eigenvalue weighted by atomic mass is 16.5. The number of likely N-dealkylation sites (tertiary alicyclic amines) is 1. The molecule has 1 aliphatic rings. The van der Waals surface area contributed by atoms with Crippen LogP contribution in [-0.2, 0) is 26.2 Å². The number of carbonyl (C=O) groups excluding carboxylic acids is 3. The predicted molar refractivity (Wildman–Crippen MR) is 157 cm³/mol. The number of aliphatic carboxylic acids is 1. The van der Waals surface area contributed by atoms with Gasteiger partial charge in [-0.1, -0.05) is 39.7 Å².